The van der Waals surface area contributed by atoms with Gasteiger partial charge in [0.1, 0.15) is 25.3 Å². The molecule has 0 radical (unpaired) electrons. The Morgan fingerprint density at radius 2 is 0.850 bits per heavy atom. The lowest BCUT2D eigenvalue weighted by atomic mass is 9.89. The third kappa shape index (κ3) is 8.71. The van der Waals surface area contributed by atoms with Crippen LogP contribution in [0.1, 0.15) is 23.2 Å². The lowest BCUT2D eigenvalue weighted by Crippen LogP contribution is -2.62. The highest BCUT2D eigenvalue weighted by Crippen LogP contribution is 2.42. The van der Waals surface area contributed by atoms with E-state index in [9.17, 15) is 9.59 Å². The van der Waals surface area contributed by atoms with Crippen molar-refractivity contribution in [3.05, 3.63) is 170 Å². The van der Waals surface area contributed by atoms with Crippen LogP contribution in [-0.4, -0.2) is 86.6 Å². The maximum Gasteiger partial charge on any atom is 0.266 e. The van der Waals surface area contributed by atoms with Crippen LogP contribution in [0, 0.1) is 0 Å². The molecule has 10 nitrogen and oxygen atoms in total. The van der Waals surface area contributed by atoms with Crippen molar-refractivity contribution in [2.45, 2.75) is 24.3 Å². The van der Waals surface area contributed by atoms with Crippen molar-refractivity contribution in [2.24, 2.45) is 0 Å². The summed E-state index contributed by atoms with van der Waals surface area (Å²) >= 11 is 0. The van der Waals surface area contributed by atoms with Crippen molar-refractivity contribution >= 4 is 33.4 Å². The molecule has 2 heterocycles. The Kier molecular flexibility index (Phi) is 12.7. The monoisotopic (exact) mass is 804 g/mol. The topological polar surface area (TPSA) is 96.0 Å². The number of amides is 2. The zero-order chi connectivity index (χ0) is 41.3. The molecule has 2 amide bonds. The van der Waals surface area contributed by atoms with Gasteiger partial charge in [-0.3, -0.25) is 9.59 Å². The van der Waals surface area contributed by atoms with Crippen LogP contribution in [0.3, 0.4) is 0 Å². The molecule has 60 heavy (non-hydrogen) atoms. The lowest BCUT2D eigenvalue weighted by molar-refractivity contribution is -0.166. The minimum absolute atomic E-state index is 0.123. The summed E-state index contributed by atoms with van der Waals surface area (Å²) in [5, 5.41) is 4.41. The molecule has 2 aliphatic rings. The Labute approximate surface area is 350 Å². The number of ether oxygens (including phenoxy) is 6. The zero-order valence-electron chi connectivity index (χ0n) is 33.4. The van der Waals surface area contributed by atoms with E-state index in [2.05, 4.69) is 73.8 Å². The summed E-state index contributed by atoms with van der Waals surface area (Å²) < 4.78 is 36.3. The molecule has 2 saturated heterocycles. The highest BCUT2D eigenvalue weighted by molar-refractivity contribution is 5.91. The number of carbonyl (C=O) groups excluding carboxylic acids is 2. The van der Waals surface area contributed by atoms with Gasteiger partial charge in [0.2, 0.25) is 12.2 Å². The van der Waals surface area contributed by atoms with Crippen LogP contribution in [0.5, 0.6) is 23.0 Å². The van der Waals surface area contributed by atoms with E-state index in [0.29, 0.717) is 75.7 Å². The Morgan fingerprint density at radius 1 is 0.467 bits per heavy atom. The second kappa shape index (κ2) is 19.0. The first-order valence-electron chi connectivity index (χ1n) is 20.3. The Hall–Kier alpha value is -6.62. The average molecular weight is 805 g/mol. The van der Waals surface area contributed by atoms with Gasteiger partial charge in [0, 0.05) is 13.1 Å². The number of rotatable bonds is 21. The largest absolute Gasteiger partial charge is 0.486 e. The molecule has 0 N–H and O–H groups in total. The van der Waals surface area contributed by atoms with E-state index in [-0.39, 0.29) is 23.9 Å². The fourth-order valence-electron chi connectivity index (χ4n) is 7.81. The van der Waals surface area contributed by atoms with Crippen molar-refractivity contribution in [1.29, 1.82) is 0 Å². The summed E-state index contributed by atoms with van der Waals surface area (Å²) in [6.45, 7) is 10.2. The van der Waals surface area contributed by atoms with E-state index >= 15 is 0 Å². The minimum atomic E-state index is -0.726. The van der Waals surface area contributed by atoms with Gasteiger partial charge in [-0.1, -0.05) is 122 Å². The molecule has 0 spiro atoms. The summed E-state index contributed by atoms with van der Waals surface area (Å²) in [7, 11) is 0. The number of hydrogen-bond donors (Lipinski definition) is 0. The smallest absolute Gasteiger partial charge is 0.266 e. The first kappa shape index (κ1) is 40.2. The van der Waals surface area contributed by atoms with E-state index in [1.165, 1.54) is 0 Å². The molecular weight excluding hydrogens is 757 g/mol. The third-order valence-electron chi connectivity index (χ3n) is 10.8. The number of β-lactam (4-membered cyclic amide) rings is 2. The molecule has 0 bridgehead atoms. The van der Waals surface area contributed by atoms with Gasteiger partial charge in [0.15, 0.2) is 23.0 Å². The molecule has 306 valence electrons. The maximum atomic E-state index is 13.7. The summed E-state index contributed by atoms with van der Waals surface area (Å²) in [6, 6.07) is 42.8. The van der Waals surface area contributed by atoms with E-state index in [1.54, 1.807) is 22.0 Å². The molecule has 0 unspecified atom stereocenters. The van der Waals surface area contributed by atoms with E-state index < -0.39 is 12.2 Å². The van der Waals surface area contributed by atoms with Gasteiger partial charge in [0.05, 0.1) is 26.4 Å². The number of para-hydroxylation sites is 4. The molecule has 6 aromatic rings. The van der Waals surface area contributed by atoms with Gasteiger partial charge < -0.3 is 38.2 Å². The highest BCUT2D eigenvalue weighted by atomic mass is 16.5. The highest BCUT2D eigenvalue weighted by Gasteiger charge is 2.51. The zero-order valence-corrected chi connectivity index (χ0v) is 33.4. The van der Waals surface area contributed by atoms with Gasteiger partial charge in [-0.05, 0) is 69.1 Å². The molecule has 10 heteroatoms. The van der Waals surface area contributed by atoms with Crippen LogP contribution in [0.2, 0.25) is 0 Å². The summed E-state index contributed by atoms with van der Waals surface area (Å²) in [4.78, 5) is 30.9. The van der Waals surface area contributed by atoms with Crippen molar-refractivity contribution in [3.63, 3.8) is 0 Å². The van der Waals surface area contributed by atoms with Gasteiger partial charge in [0.25, 0.3) is 11.8 Å². The van der Waals surface area contributed by atoms with Crippen molar-refractivity contribution in [1.82, 2.24) is 9.80 Å². The van der Waals surface area contributed by atoms with Crippen LogP contribution in [0.25, 0.3) is 21.5 Å². The second-order valence-corrected chi connectivity index (χ2v) is 14.6. The van der Waals surface area contributed by atoms with Crippen LogP contribution in [-0.2, 0) is 19.1 Å². The molecule has 8 rings (SSSR count). The van der Waals surface area contributed by atoms with Crippen molar-refractivity contribution in [2.75, 3.05) is 52.7 Å². The number of nitrogens with zero attached hydrogens (tertiary/aromatic N) is 2. The molecule has 2 fully saturated rings. The minimum Gasteiger partial charge on any atom is -0.486 e. The first-order valence-corrected chi connectivity index (χ1v) is 20.3. The Morgan fingerprint density at radius 3 is 1.27 bits per heavy atom. The predicted octanol–water partition coefficient (Wildman–Crippen LogP) is 8.52. The molecule has 0 saturated carbocycles. The fraction of sp³-hybridized carbons (Fsp3) is 0.240. The van der Waals surface area contributed by atoms with Crippen LogP contribution < -0.4 is 18.9 Å². The number of carbonyl (C=O) groups is 2. The average Bonchev–Trinajstić information content (AvgIpc) is 3.29. The standard InChI is InChI=1S/C50H48N2O8/c1-3-27-57-41-17-9-11-19-43(41)59-47-45(39-23-21-35-13-5-7-15-37(35)33-39)51(49(47)53)25-29-55-31-32-56-30-26-52-46(40-24-22-36-14-6-8-16-38(36)34-40)48(50(52)54)60-44-20-12-10-18-42(44)58-28-4-2/h3-24,33-34,45-48H,1-2,25-32H2/t45-,46+,47+,48-. The summed E-state index contributed by atoms with van der Waals surface area (Å²) in [5.74, 6) is 1.86. The van der Waals surface area contributed by atoms with Gasteiger partial charge in [-0.15, -0.1) is 0 Å². The molecular formula is C50H48N2O8. The number of fused-ring (bicyclic) bond motifs is 2. The number of benzene rings is 6. The molecule has 2 aliphatic heterocycles. The van der Waals surface area contributed by atoms with Crippen molar-refractivity contribution < 1.29 is 38.0 Å². The van der Waals surface area contributed by atoms with Crippen molar-refractivity contribution in [3.8, 4) is 23.0 Å². The third-order valence-corrected chi connectivity index (χ3v) is 10.8. The molecule has 4 atom stereocenters. The predicted molar refractivity (Wildman–Crippen MR) is 232 cm³/mol. The van der Waals surface area contributed by atoms with Crippen LogP contribution in [0.15, 0.2) is 159 Å². The first-order chi connectivity index (χ1) is 29.5. The second-order valence-electron chi connectivity index (χ2n) is 14.6. The van der Waals surface area contributed by atoms with Gasteiger partial charge in [-0.2, -0.15) is 0 Å². The SMILES string of the molecule is C=CCOc1ccccc1O[C@@H]1C(=O)N(CCOCCOCCN2C(=O)[C@H](Oc3ccccc3OCC=C)[C@@H]2c2ccc3ccccc3c2)[C@@H]1c1ccc2ccccc2c1. The molecule has 6 aromatic carbocycles. The Balaban J connectivity index is 0.863. The van der Waals surface area contributed by atoms with E-state index in [0.717, 1.165) is 32.7 Å². The normalized spacial score (nSPS) is 18.5. The quantitative estimate of drug-likeness (QED) is 0.0406. The Bertz CT molecular complexity index is 2300. The molecule has 0 aromatic heterocycles. The van der Waals surface area contributed by atoms with Crippen LogP contribution in [0.4, 0.5) is 0 Å². The van der Waals surface area contributed by atoms with E-state index in [4.69, 9.17) is 28.4 Å². The fourth-order valence-corrected chi connectivity index (χ4v) is 7.81. The number of hydrogen-bond acceptors (Lipinski definition) is 8. The summed E-state index contributed by atoms with van der Waals surface area (Å²) in [6.07, 6.45) is 1.88. The maximum absolute atomic E-state index is 13.7. The molecule has 0 aliphatic carbocycles. The van der Waals surface area contributed by atoms with Crippen LogP contribution >= 0.6 is 0 Å². The van der Waals surface area contributed by atoms with Gasteiger partial charge >= 0.3 is 0 Å². The van der Waals surface area contributed by atoms with E-state index in [1.807, 2.05) is 72.8 Å². The van der Waals surface area contributed by atoms with Gasteiger partial charge in [-0.25, -0.2) is 0 Å². The summed E-state index contributed by atoms with van der Waals surface area (Å²) in [5.41, 5.74) is 1.96. The number of likely N-dealkylation sites (tertiary alicyclic amines) is 2. The lowest BCUT2D eigenvalue weighted by Gasteiger charge is -2.47.